The predicted molar refractivity (Wildman–Crippen MR) is 105 cm³/mol. The van der Waals surface area contributed by atoms with E-state index in [1.165, 1.54) is 18.5 Å². The SMILES string of the molecule is COc1cc2c(cc1Nc1ncnc3n[nH]c(-c4ccc(F)cc4)c13)C=NC2. The summed E-state index contributed by atoms with van der Waals surface area (Å²) in [5, 5.41) is 11.3. The number of hydrogen-bond acceptors (Lipinski definition) is 6. The van der Waals surface area contributed by atoms with Crippen LogP contribution in [0, 0.1) is 5.82 Å². The molecule has 138 valence electrons. The molecule has 2 aromatic carbocycles. The number of halogens is 1. The van der Waals surface area contributed by atoms with Crippen LogP contribution in [0.1, 0.15) is 11.1 Å². The van der Waals surface area contributed by atoms with E-state index in [4.69, 9.17) is 4.74 Å². The maximum absolute atomic E-state index is 13.3. The first-order chi connectivity index (χ1) is 13.7. The molecular formula is C20H15FN6O. The highest BCUT2D eigenvalue weighted by molar-refractivity contribution is 6.00. The van der Waals surface area contributed by atoms with Crippen LogP contribution in [-0.2, 0) is 6.54 Å². The zero-order chi connectivity index (χ0) is 19.1. The van der Waals surface area contributed by atoms with Crippen molar-refractivity contribution in [2.75, 3.05) is 12.4 Å². The van der Waals surface area contributed by atoms with Crippen LogP contribution >= 0.6 is 0 Å². The van der Waals surface area contributed by atoms with Crippen LogP contribution in [-0.4, -0.2) is 33.5 Å². The molecule has 8 heteroatoms. The lowest BCUT2D eigenvalue weighted by Crippen LogP contribution is -2.00. The number of ether oxygens (including phenoxy) is 1. The highest BCUT2D eigenvalue weighted by Crippen LogP contribution is 2.36. The number of anilines is 2. The number of nitrogens with one attached hydrogen (secondary N) is 2. The number of methoxy groups -OCH3 is 1. The molecule has 0 atom stereocenters. The van der Waals surface area contributed by atoms with Crippen LogP contribution < -0.4 is 10.1 Å². The lowest BCUT2D eigenvalue weighted by Gasteiger charge is -2.13. The van der Waals surface area contributed by atoms with Crippen molar-refractivity contribution in [3.63, 3.8) is 0 Å². The third-order valence-electron chi connectivity index (χ3n) is 4.69. The fourth-order valence-corrected chi connectivity index (χ4v) is 3.31. The van der Waals surface area contributed by atoms with E-state index in [0.29, 0.717) is 34.8 Å². The van der Waals surface area contributed by atoms with Gasteiger partial charge >= 0.3 is 0 Å². The molecule has 2 N–H and O–H groups in total. The Morgan fingerprint density at radius 3 is 2.82 bits per heavy atom. The number of aromatic nitrogens is 4. The Balaban J connectivity index is 1.63. The lowest BCUT2D eigenvalue weighted by molar-refractivity contribution is 0.416. The van der Waals surface area contributed by atoms with Crippen LogP contribution in [0.5, 0.6) is 5.75 Å². The minimum Gasteiger partial charge on any atom is -0.495 e. The fourth-order valence-electron chi connectivity index (χ4n) is 3.31. The van der Waals surface area contributed by atoms with Crippen molar-refractivity contribution >= 4 is 28.8 Å². The highest BCUT2D eigenvalue weighted by Gasteiger charge is 2.17. The quantitative estimate of drug-likeness (QED) is 0.567. The van der Waals surface area contributed by atoms with Gasteiger partial charge in [-0.2, -0.15) is 5.10 Å². The normalized spacial score (nSPS) is 12.4. The Bertz CT molecular complexity index is 1220. The monoisotopic (exact) mass is 374 g/mol. The predicted octanol–water partition coefficient (Wildman–Crippen LogP) is 3.84. The number of aliphatic imine (C=N–C) groups is 1. The van der Waals surface area contributed by atoms with Crippen LogP contribution in [0.25, 0.3) is 22.3 Å². The first kappa shape index (κ1) is 16.4. The van der Waals surface area contributed by atoms with Gasteiger partial charge in [0.2, 0.25) is 0 Å². The van der Waals surface area contributed by atoms with Gasteiger partial charge in [0.15, 0.2) is 5.65 Å². The molecular weight excluding hydrogens is 359 g/mol. The highest BCUT2D eigenvalue weighted by atomic mass is 19.1. The Morgan fingerprint density at radius 1 is 1.14 bits per heavy atom. The van der Waals surface area contributed by atoms with Crippen molar-refractivity contribution in [1.82, 2.24) is 20.2 Å². The van der Waals surface area contributed by atoms with Gasteiger partial charge in [0.1, 0.15) is 23.7 Å². The first-order valence-electron chi connectivity index (χ1n) is 8.65. The summed E-state index contributed by atoms with van der Waals surface area (Å²) >= 11 is 0. The second-order valence-corrected chi connectivity index (χ2v) is 6.37. The van der Waals surface area contributed by atoms with Gasteiger partial charge in [0.25, 0.3) is 0 Å². The van der Waals surface area contributed by atoms with E-state index in [-0.39, 0.29) is 5.82 Å². The van der Waals surface area contributed by atoms with Gasteiger partial charge in [0.05, 0.1) is 30.4 Å². The van der Waals surface area contributed by atoms with Crippen molar-refractivity contribution in [3.05, 3.63) is 59.7 Å². The van der Waals surface area contributed by atoms with E-state index in [9.17, 15) is 4.39 Å². The molecule has 7 nitrogen and oxygen atoms in total. The van der Waals surface area contributed by atoms with Gasteiger partial charge in [0, 0.05) is 11.8 Å². The average molecular weight is 374 g/mol. The molecule has 4 aromatic rings. The topological polar surface area (TPSA) is 88.1 Å². The van der Waals surface area contributed by atoms with Crippen LogP contribution in [0.3, 0.4) is 0 Å². The number of hydrogen-bond donors (Lipinski definition) is 2. The van der Waals surface area contributed by atoms with Crippen LogP contribution in [0.4, 0.5) is 15.9 Å². The Hall–Kier alpha value is -3.81. The van der Waals surface area contributed by atoms with E-state index >= 15 is 0 Å². The van der Waals surface area contributed by atoms with Crippen LogP contribution in [0.2, 0.25) is 0 Å². The Labute approximate surface area is 159 Å². The Kier molecular flexibility index (Phi) is 3.75. The summed E-state index contributed by atoms with van der Waals surface area (Å²) in [6.07, 6.45) is 3.29. The third kappa shape index (κ3) is 2.66. The molecule has 5 rings (SSSR count). The van der Waals surface area contributed by atoms with E-state index in [0.717, 1.165) is 22.4 Å². The molecule has 3 heterocycles. The van der Waals surface area contributed by atoms with Gasteiger partial charge in [-0.1, -0.05) is 0 Å². The average Bonchev–Trinajstić information content (AvgIpc) is 3.35. The number of rotatable bonds is 4. The van der Waals surface area contributed by atoms with Gasteiger partial charge in [-0.05, 0) is 47.5 Å². The lowest BCUT2D eigenvalue weighted by atomic mass is 10.1. The largest absolute Gasteiger partial charge is 0.495 e. The van der Waals surface area contributed by atoms with Crippen LogP contribution in [0.15, 0.2) is 47.7 Å². The standard InChI is InChI=1S/C20H15FN6O/c1-28-16-7-13-9-22-8-12(13)6-15(16)25-19-17-18(11-2-4-14(21)5-3-11)26-27-20(17)24-10-23-19/h2-8,10H,9H2,1H3,(H2,23,24,25,26,27). The van der Waals surface area contributed by atoms with Gasteiger partial charge < -0.3 is 10.1 Å². The van der Waals surface area contributed by atoms with Crippen molar-refractivity contribution in [2.45, 2.75) is 6.54 Å². The maximum atomic E-state index is 13.3. The summed E-state index contributed by atoms with van der Waals surface area (Å²) < 4.78 is 18.9. The molecule has 1 aliphatic rings. The summed E-state index contributed by atoms with van der Waals surface area (Å²) in [5.41, 5.74) is 4.93. The number of H-pyrrole nitrogens is 1. The molecule has 0 aliphatic carbocycles. The number of nitrogens with zero attached hydrogens (tertiary/aromatic N) is 4. The molecule has 0 radical (unpaired) electrons. The summed E-state index contributed by atoms with van der Waals surface area (Å²) in [6.45, 7) is 0.653. The number of benzene rings is 2. The summed E-state index contributed by atoms with van der Waals surface area (Å²) in [5.74, 6) is 0.973. The second kappa shape index (κ2) is 6.41. The van der Waals surface area contributed by atoms with Gasteiger partial charge in [-0.15, -0.1) is 0 Å². The molecule has 0 unspecified atom stereocenters. The Morgan fingerprint density at radius 2 is 2.00 bits per heavy atom. The van der Waals surface area contributed by atoms with Gasteiger partial charge in [-0.3, -0.25) is 10.1 Å². The fraction of sp³-hybridized carbons (Fsp3) is 0.100. The van der Waals surface area contributed by atoms with E-state index in [1.807, 2.05) is 18.3 Å². The summed E-state index contributed by atoms with van der Waals surface area (Å²) in [4.78, 5) is 12.9. The maximum Gasteiger partial charge on any atom is 0.186 e. The first-order valence-corrected chi connectivity index (χ1v) is 8.65. The minimum atomic E-state index is -0.299. The van der Waals surface area contributed by atoms with E-state index < -0.39 is 0 Å². The summed E-state index contributed by atoms with van der Waals surface area (Å²) in [6, 6.07) is 10.1. The molecule has 1 aliphatic heterocycles. The molecule has 0 saturated carbocycles. The summed E-state index contributed by atoms with van der Waals surface area (Å²) in [7, 11) is 1.63. The van der Waals surface area contributed by atoms with Crippen molar-refractivity contribution in [2.24, 2.45) is 4.99 Å². The molecule has 0 fully saturated rings. The smallest absolute Gasteiger partial charge is 0.186 e. The zero-order valence-corrected chi connectivity index (χ0v) is 14.9. The number of fused-ring (bicyclic) bond motifs is 2. The molecule has 0 spiro atoms. The molecule has 0 amide bonds. The molecule has 0 bridgehead atoms. The number of aromatic amines is 1. The van der Waals surface area contributed by atoms with Crippen molar-refractivity contribution < 1.29 is 9.13 Å². The van der Waals surface area contributed by atoms with E-state index in [1.54, 1.807) is 19.2 Å². The second-order valence-electron chi connectivity index (χ2n) is 6.37. The van der Waals surface area contributed by atoms with Crippen molar-refractivity contribution in [1.29, 1.82) is 0 Å². The third-order valence-corrected chi connectivity index (χ3v) is 4.69. The zero-order valence-electron chi connectivity index (χ0n) is 14.9. The van der Waals surface area contributed by atoms with Crippen molar-refractivity contribution in [3.8, 4) is 17.0 Å². The van der Waals surface area contributed by atoms with E-state index in [2.05, 4.69) is 30.5 Å². The molecule has 28 heavy (non-hydrogen) atoms. The minimum absolute atomic E-state index is 0.299. The van der Waals surface area contributed by atoms with Gasteiger partial charge in [-0.25, -0.2) is 14.4 Å². The molecule has 2 aromatic heterocycles. The molecule has 0 saturated heterocycles.